The molecule has 3 rings (SSSR count). The van der Waals surface area contributed by atoms with Crippen LogP contribution < -0.4 is 9.62 Å². The highest BCUT2D eigenvalue weighted by Gasteiger charge is 2.33. The predicted molar refractivity (Wildman–Crippen MR) is 154 cm³/mol. The van der Waals surface area contributed by atoms with Crippen LogP contribution in [0.4, 0.5) is 5.69 Å². The molecule has 2 aromatic rings. The Morgan fingerprint density at radius 3 is 2.26 bits per heavy atom. The highest BCUT2D eigenvalue weighted by atomic mass is 35.5. The van der Waals surface area contributed by atoms with Crippen LogP contribution in [0.25, 0.3) is 0 Å². The van der Waals surface area contributed by atoms with Crippen molar-refractivity contribution in [3.8, 4) is 0 Å². The van der Waals surface area contributed by atoms with Gasteiger partial charge in [-0.05, 0) is 62.4 Å². The third-order valence-electron chi connectivity index (χ3n) is 7.04. The summed E-state index contributed by atoms with van der Waals surface area (Å²) < 4.78 is 26.9. The quantitative estimate of drug-likeness (QED) is 0.393. The number of anilines is 1. The maximum atomic E-state index is 13.9. The summed E-state index contributed by atoms with van der Waals surface area (Å²) in [5.41, 5.74) is 2.52. The van der Waals surface area contributed by atoms with Crippen molar-refractivity contribution in [1.29, 1.82) is 0 Å². The van der Waals surface area contributed by atoms with Gasteiger partial charge < -0.3 is 10.2 Å². The van der Waals surface area contributed by atoms with Gasteiger partial charge in [0, 0.05) is 28.2 Å². The van der Waals surface area contributed by atoms with E-state index in [2.05, 4.69) is 5.32 Å². The van der Waals surface area contributed by atoms with E-state index < -0.39 is 28.5 Å². The summed E-state index contributed by atoms with van der Waals surface area (Å²) in [5.74, 6) is -0.772. The third kappa shape index (κ3) is 7.64. The fourth-order valence-electron chi connectivity index (χ4n) is 4.90. The number of carbonyl (C=O) groups excluding carboxylic acids is 2. The first kappa shape index (κ1) is 30.3. The van der Waals surface area contributed by atoms with E-state index in [1.165, 1.54) is 4.90 Å². The Morgan fingerprint density at radius 2 is 1.68 bits per heavy atom. The van der Waals surface area contributed by atoms with Crippen molar-refractivity contribution >= 4 is 50.7 Å². The zero-order chi connectivity index (χ0) is 28.0. The molecule has 0 aromatic heterocycles. The molecule has 1 saturated carbocycles. The first-order valence-corrected chi connectivity index (χ1v) is 15.6. The number of carbonyl (C=O) groups is 2. The van der Waals surface area contributed by atoms with Crippen LogP contribution in [0.2, 0.25) is 10.0 Å². The van der Waals surface area contributed by atoms with Crippen LogP contribution in [0, 0.1) is 13.8 Å². The lowest BCUT2D eigenvalue weighted by Crippen LogP contribution is -2.54. The van der Waals surface area contributed by atoms with Gasteiger partial charge >= 0.3 is 0 Å². The Hall–Kier alpha value is -2.29. The molecule has 0 aliphatic heterocycles. The average molecular weight is 583 g/mol. The molecule has 1 aliphatic carbocycles. The van der Waals surface area contributed by atoms with E-state index in [0.717, 1.165) is 53.8 Å². The summed E-state index contributed by atoms with van der Waals surface area (Å²) in [6, 6.07) is 9.74. The number of amides is 2. The van der Waals surface area contributed by atoms with Gasteiger partial charge in [-0.2, -0.15) is 0 Å². The topological polar surface area (TPSA) is 86.8 Å². The zero-order valence-electron chi connectivity index (χ0n) is 22.5. The number of rotatable bonds is 10. The lowest BCUT2D eigenvalue weighted by atomic mass is 9.95. The number of nitrogens with zero attached hydrogens (tertiary/aromatic N) is 2. The van der Waals surface area contributed by atoms with E-state index in [1.807, 2.05) is 26.0 Å². The molecular weight excluding hydrogens is 545 g/mol. The van der Waals surface area contributed by atoms with Crippen LogP contribution in [-0.4, -0.2) is 50.0 Å². The average Bonchev–Trinajstić information content (AvgIpc) is 2.85. The van der Waals surface area contributed by atoms with Gasteiger partial charge in [0.15, 0.2) is 0 Å². The largest absolute Gasteiger partial charge is 0.352 e. The van der Waals surface area contributed by atoms with Gasteiger partial charge in [0.05, 0.1) is 11.9 Å². The Balaban J connectivity index is 1.99. The van der Waals surface area contributed by atoms with E-state index in [4.69, 9.17) is 23.2 Å². The predicted octanol–water partition coefficient (Wildman–Crippen LogP) is 5.63. The van der Waals surface area contributed by atoms with Gasteiger partial charge in [0.2, 0.25) is 21.8 Å². The van der Waals surface area contributed by atoms with Crippen LogP contribution in [-0.2, 0) is 26.2 Å². The maximum absolute atomic E-state index is 13.9. The fourth-order valence-corrected chi connectivity index (χ4v) is 6.32. The van der Waals surface area contributed by atoms with Gasteiger partial charge in [-0.15, -0.1) is 0 Å². The number of sulfonamides is 1. The molecule has 38 heavy (non-hydrogen) atoms. The van der Waals surface area contributed by atoms with Gasteiger partial charge in [0.25, 0.3) is 0 Å². The molecule has 208 valence electrons. The van der Waals surface area contributed by atoms with Crippen molar-refractivity contribution in [2.75, 3.05) is 17.1 Å². The number of nitrogens with one attached hydrogen (secondary N) is 1. The Morgan fingerprint density at radius 1 is 1.05 bits per heavy atom. The van der Waals surface area contributed by atoms with Gasteiger partial charge in [-0.3, -0.25) is 13.9 Å². The van der Waals surface area contributed by atoms with Crippen molar-refractivity contribution in [2.45, 2.75) is 77.9 Å². The van der Waals surface area contributed by atoms with Crippen LogP contribution in [0.5, 0.6) is 0 Å². The molecule has 2 aromatic carbocycles. The summed E-state index contributed by atoms with van der Waals surface area (Å²) in [6.07, 6.45) is 6.48. The first-order valence-electron chi connectivity index (χ1n) is 13.0. The molecule has 1 unspecified atom stereocenters. The molecule has 0 bridgehead atoms. The van der Waals surface area contributed by atoms with Crippen molar-refractivity contribution in [2.24, 2.45) is 0 Å². The molecule has 1 atom stereocenters. The van der Waals surface area contributed by atoms with E-state index in [-0.39, 0.29) is 18.5 Å². The van der Waals surface area contributed by atoms with E-state index in [0.29, 0.717) is 27.7 Å². The second kappa shape index (κ2) is 13.2. The summed E-state index contributed by atoms with van der Waals surface area (Å²) in [5, 5.41) is 3.86. The van der Waals surface area contributed by atoms with Gasteiger partial charge in [0.1, 0.15) is 12.6 Å². The smallest absolute Gasteiger partial charge is 0.244 e. The van der Waals surface area contributed by atoms with Gasteiger partial charge in [-0.25, -0.2) is 8.42 Å². The molecule has 10 heteroatoms. The molecular formula is C28H37Cl2N3O4S. The zero-order valence-corrected chi connectivity index (χ0v) is 24.8. The molecule has 0 spiro atoms. The molecule has 1 fully saturated rings. The third-order valence-corrected chi connectivity index (χ3v) is 8.87. The number of hydrogen-bond donors (Lipinski definition) is 1. The normalized spacial score (nSPS) is 15.1. The van der Waals surface area contributed by atoms with E-state index >= 15 is 0 Å². The maximum Gasteiger partial charge on any atom is 0.244 e. The molecule has 1 N–H and O–H groups in total. The number of benzene rings is 2. The minimum absolute atomic E-state index is 0.0294. The Labute approximate surface area is 236 Å². The second-order valence-corrected chi connectivity index (χ2v) is 12.8. The minimum atomic E-state index is -3.82. The molecule has 1 aliphatic rings. The molecule has 7 nitrogen and oxygen atoms in total. The lowest BCUT2D eigenvalue weighted by Gasteiger charge is -2.34. The lowest BCUT2D eigenvalue weighted by molar-refractivity contribution is -0.140. The van der Waals surface area contributed by atoms with E-state index in [1.54, 1.807) is 31.2 Å². The van der Waals surface area contributed by atoms with Crippen molar-refractivity contribution < 1.29 is 18.0 Å². The highest BCUT2D eigenvalue weighted by Crippen LogP contribution is 2.29. The summed E-state index contributed by atoms with van der Waals surface area (Å²) in [4.78, 5) is 28.9. The summed E-state index contributed by atoms with van der Waals surface area (Å²) >= 11 is 12.9. The van der Waals surface area contributed by atoms with Crippen LogP contribution in [0.3, 0.4) is 0 Å². The second-order valence-electron chi connectivity index (χ2n) is 10.0. The van der Waals surface area contributed by atoms with Crippen LogP contribution in [0.1, 0.15) is 62.1 Å². The first-order chi connectivity index (χ1) is 17.9. The number of halogens is 2. The molecule has 0 saturated heterocycles. The van der Waals surface area contributed by atoms with Crippen LogP contribution in [0.15, 0.2) is 36.4 Å². The van der Waals surface area contributed by atoms with Crippen molar-refractivity contribution in [3.05, 3.63) is 63.1 Å². The summed E-state index contributed by atoms with van der Waals surface area (Å²) in [6.45, 7) is 5.00. The fraction of sp³-hybridized carbons (Fsp3) is 0.500. The number of hydrogen-bond acceptors (Lipinski definition) is 4. The van der Waals surface area contributed by atoms with E-state index in [9.17, 15) is 18.0 Å². The molecule has 2 amide bonds. The SMILES string of the molecule is CCC(C(=O)NC1CCCCC1)N(Cc1c(Cl)cccc1Cl)C(=O)CN(c1cc(C)ccc1C)S(C)(=O)=O. The minimum Gasteiger partial charge on any atom is -0.352 e. The molecule has 0 heterocycles. The monoisotopic (exact) mass is 581 g/mol. The Kier molecular flexibility index (Phi) is 10.5. The van der Waals surface area contributed by atoms with Gasteiger partial charge in [-0.1, -0.05) is 67.6 Å². The Bertz CT molecular complexity index is 1240. The van der Waals surface area contributed by atoms with Crippen LogP contribution >= 0.6 is 23.2 Å². The molecule has 0 radical (unpaired) electrons. The number of aryl methyl sites for hydroxylation is 2. The standard InChI is InChI=1S/C28H37Cl2N3O4S/c1-5-25(28(35)31-21-10-7-6-8-11-21)32(17-22-23(29)12-9-13-24(22)30)27(34)18-33(38(4,36)37)26-16-19(2)14-15-20(26)3/h9,12-16,21,25H,5-8,10-11,17-18H2,1-4H3,(H,31,35). The highest BCUT2D eigenvalue weighted by molar-refractivity contribution is 7.92. The summed E-state index contributed by atoms with van der Waals surface area (Å²) in [7, 11) is -3.82. The van der Waals surface area contributed by atoms with Crippen molar-refractivity contribution in [1.82, 2.24) is 10.2 Å². The van der Waals surface area contributed by atoms with Crippen molar-refractivity contribution in [3.63, 3.8) is 0 Å².